The number of carboxylic acids is 1. The maximum Gasteiger partial charge on any atom is 0.358 e. The molecule has 150 valence electrons. The highest BCUT2D eigenvalue weighted by molar-refractivity contribution is 5.93. The molecule has 3 heterocycles. The zero-order valence-electron chi connectivity index (χ0n) is 16.1. The van der Waals surface area contributed by atoms with E-state index in [4.69, 9.17) is 4.74 Å². The Labute approximate surface area is 170 Å². The van der Waals surface area contributed by atoms with E-state index in [0.717, 1.165) is 5.69 Å². The summed E-state index contributed by atoms with van der Waals surface area (Å²) in [6.45, 7) is 0. The van der Waals surface area contributed by atoms with Crippen molar-refractivity contribution in [1.29, 1.82) is 0 Å². The van der Waals surface area contributed by atoms with Gasteiger partial charge in [0.25, 0.3) is 0 Å². The number of pyridine rings is 2. The molecule has 0 unspecified atom stereocenters. The minimum atomic E-state index is -1.24. The van der Waals surface area contributed by atoms with E-state index in [0.29, 0.717) is 22.6 Å². The van der Waals surface area contributed by atoms with Gasteiger partial charge in [0, 0.05) is 24.9 Å². The van der Waals surface area contributed by atoms with Crippen molar-refractivity contribution in [1.82, 2.24) is 19.9 Å². The first kappa shape index (κ1) is 19.2. The first-order chi connectivity index (χ1) is 14.5. The van der Waals surface area contributed by atoms with Crippen molar-refractivity contribution in [2.24, 2.45) is 0 Å². The van der Waals surface area contributed by atoms with Gasteiger partial charge >= 0.3 is 5.97 Å². The molecule has 1 aromatic carbocycles. The maximum absolute atomic E-state index is 13.5. The van der Waals surface area contributed by atoms with Crippen LogP contribution >= 0.6 is 0 Å². The highest BCUT2D eigenvalue weighted by Crippen LogP contribution is 2.33. The van der Waals surface area contributed by atoms with Gasteiger partial charge in [-0.2, -0.15) is 0 Å². The molecule has 0 radical (unpaired) electrons. The van der Waals surface area contributed by atoms with E-state index in [2.05, 4.69) is 19.9 Å². The van der Waals surface area contributed by atoms with Crippen LogP contribution in [0.25, 0.3) is 22.4 Å². The largest absolute Gasteiger partial charge is 0.494 e. The van der Waals surface area contributed by atoms with E-state index in [1.54, 1.807) is 42.5 Å². The molecule has 0 saturated carbocycles. The van der Waals surface area contributed by atoms with Crippen LogP contribution < -0.4 is 9.64 Å². The van der Waals surface area contributed by atoms with Gasteiger partial charge < -0.3 is 14.7 Å². The smallest absolute Gasteiger partial charge is 0.358 e. The number of aromatic nitrogens is 4. The molecule has 1 N–H and O–H groups in total. The van der Waals surface area contributed by atoms with Crippen LogP contribution in [0.3, 0.4) is 0 Å². The van der Waals surface area contributed by atoms with Gasteiger partial charge in [-0.05, 0) is 36.4 Å². The summed E-state index contributed by atoms with van der Waals surface area (Å²) in [5.41, 5.74) is 2.08. The summed E-state index contributed by atoms with van der Waals surface area (Å²) in [6, 6.07) is 11.0. The SMILES string of the molecule is COc1cc2nc(-c3ccc(F)cc3)c(N(C)c3cccnc3)nc2nc1C(=O)O. The van der Waals surface area contributed by atoms with E-state index < -0.39 is 5.97 Å². The van der Waals surface area contributed by atoms with Gasteiger partial charge in [-0.25, -0.2) is 24.1 Å². The van der Waals surface area contributed by atoms with Crippen LogP contribution in [-0.4, -0.2) is 45.2 Å². The fourth-order valence-electron chi connectivity index (χ4n) is 2.98. The van der Waals surface area contributed by atoms with E-state index in [1.807, 2.05) is 6.07 Å². The molecule has 0 fully saturated rings. The summed E-state index contributed by atoms with van der Waals surface area (Å²) in [5, 5.41) is 9.43. The Morgan fingerprint density at radius 1 is 1.13 bits per heavy atom. The van der Waals surface area contributed by atoms with Crippen molar-refractivity contribution in [3.05, 3.63) is 66.4 Å². The summed E-state index contributed by atoms with van der Waals surface area (Å²) in [6.07, 6.45) is 3.31. The molecule has 9 heteroatoms. The number of rotatable bonds is 5. The number of fused-ring (bicyclic) bond motifs is 1. The van der Waals surface area contributed by atoms with Crippen molar-refractivity contribution in [2.75, 3.05) is 19.1 Å². The van der Waals surface area contributed by atoms with Gasteiger partial charge in [-0.3, -0.25) is 4.98 Å². The van der Waals surface area contributed by atoms with Gasteiger partial charge in [-0.15, -0.1) is 0 Å². The minimum Gasteiger partial charge on any atom is -0.494 e. The lowest BCUT2D eigenvalue weighted by Gasteiger charge is -2.21. The van der Waals surface area contributed by atoms with Crippen molar-refractivity contribution in [3.8, 4) is 17.0 Å². The lowest BCUT2D eigenvalue weighted by atomic mass is 10.1. The molecule has 30 heavy (non-hydrogen) atoms. The normalized spacial score (nSPS) is 10.8. The zero-order chi connectivity index (χ0) is 21.3. The molecule has 3 aromatic heterocycles. The fraction of sp³-hybridized carbons (Fsp3) is 0.0952. The summed E-state index contributed by atoms with van der Waals surface area (Å²) in [4.78, 5) is 30.8. The Bertz CT molecular complexity index is 1230. The number of nitrogens with zero attached hydrogens (tertiary/aromatic N) is 5. The number of aromatic carboxylic acids is 1. The van der Waals surface area contributed by atoms with E-state index in [1.165, 1.54) is 25.3 Å². The Hall–Kier alpha value is -4.14. The Morgan fingerprint density at radius 3 is 2.53 bits per heavy atom. The van der Waals surface area contributed by atoms with Crippen LogP contribution in [-0.2, 0) is 0 Å². The van der Waals surface area contributed by atoms with Crippen LogP contribution in [0.5, 0.6) is 5.75 Å². The van der Waals surface area contributed by atoms with E-state index in [-0.39, 0.29) is 22.9 Å². The number of anilines is 2. The lowest BCUT2D eigenvalue weighted by molar-refractivity contribution is 0.0687. The average Bonchev–Trinajstić information content (AvgIpc) is 2.77. The predicted octanol–water partition coefficient (Wildman–Crippen LogP) is 3.70. The standard InChI is InChI=1S/C21H16FN5O3/c1-27(14-4-3-9-23-11-14)20-17(12-5-7-13(22)8-6-12)24-15-10-16(30-2)18(21(28)29)25-19(15)26-20/h3-11H,1-2H3,(H,28,29). The third-order valence-electron chi connectivity index (χ3n) is 4.49. The van der Waals surface area contributed by atoms with Crippen molar-refractivity contribution in [3.63, 3.8) is 0 Å². The topological polar surface area (TPSA) is 101 Å². The Balaban J connectivity index is 1.99. The number of hydrogen-bond acceptors (Lipinski definition) is 7. The van der Waals surface area contributed by atoms with Crippen molar-refractivity contribution < 1.29 is 19.0 Å². The molecule has 0 atom stereocenters. The first-order valence-corrected chi connectivity index (χ1v) is 8.87. The average molecular weight is 405 g/mol. The second kappa shape index (κ2) is 7.70. The third-order valence-corrected chi connectivity index (χ3v) is 4.49. The van der Waals surface area contributed by atoms with Crippen LogP contribution in [0.15, 0.2) is 54.9 Å². The van der Waals surface area contributed by atoms with Gasteiger partial charge in [0.1, 0.15) is 17.0 Å². The van der Waals surface area contributed by atoms with Crippen LogP contribution in [0.2, 0.25) is 0 Å². The van der Waals surface area contributed by atoms with Gasteiger partial charge in [-0.1, -0.05) is 0 Å². The maximum atomic E-state index is 13.5. The number of carboxylic acid groups (broad SMARTS) is 1. The van der Waals surface area contributed by atoms with Crippen LogP contribution in [0, 0.1) is 5.82 Å². The highest BCUT2D eigenvalue weighted by atomic mass is 19.1. The summed E-state index contributed by atoms with van der Waals surface area (Å²) in [5.74, 6) is -1.12. The molecule has 0 spiro atoms. The molecule has 0 saturated heterocycles. The van der Waals surface area contributed by atoms with E-state index >= 15 is 0 Å². The zero-order valence-corrected chi connectivity index (χ0v) is 16.1. The molecule has 0 aliphatic rings. The monoisotopic (exact) mass is 405 g/mol. The molecule has 0 aliphatic carbocycles. The van der Waals surface area contributed by atoms with Gasteiger partial charge in [0.15, 0.2) is 22.9 Å². The van der Waals surface area contributed by atoms with Crippen LogP contribution in [0.1, 0.15) is 10.5 Å². The summed E-state index contributed by atoms with van der Waals surface area (Å²) in [7, 11) is 3.13. The molecule has 8 nitrogen and oxygen atoms in total. The highest BCUT2D eigenvalue weighted by Gasteiger charge is 2.21. The minimum absolute atomic E-state index is 0.0720. The molecule has 0 aliphatic heterocycles. The number of ether oxygens (including phenoxy) is 1. The predicted molar refractivity (Wildman–Crippen MR) is 109 cm³/mol. The third kappa shape index (κ3) is 3.48. The summed E-state index contributed by atoms with van der Waals surface area (Å²) < 4.78 is 18.6. The fourth-order valence-corrected chi connectivity index (χ4v) is 2.98. The quantitative estimate of drug-likeness (QED) is 0.536. The summed E-state index contributed by atoms with van der Waals surface area (Å²) >= 11 is 0. The first-order valence-electron chi connectivity index (χ1n) is 8.87. The second-order valence-electron chi connectivity index (χ2n) is 6.36. The number of halogens is 1. The van der Waals surface area contributed by atoms with Gasteiger partial charge in [0.05, 0.1) is 19.0 Å². The Morgan fingerprint density at radius 2 is 1.90 bits per heavy atom. The molecular formula is C21H16FN5O3. The van der Waals surface area contributed by atoms with Crippen molar-refractivity contribution in [2.45, 2.75) is 0 Å². The second-order valence-corrected chi connectivity index (χ2v) is 6.36. The molecule has 4 rings (SSSR count). The number of benzene rings is 1. The number of carbonyl (C=O) groups is 1. The lowest BCUT2D eigenvalue weighted by Crippen LogP contribution is -2.15. The van der Waals surface area contributed by atoms with Gasteiger partial charge in [0.2, 0.25) is 0 Å². The van der Waals surface area contributed by atoms with Crippen LogP contribution in [0.4, 0.5) is 15.9 Å². The Kier molecular flexibility index (Phi) is 4.93. The molecular weight excluding hydrogens is 389 g/mol. The van der Waals surface area contributed by atoms with Crippen molar-refractivity contribution >= 4 is 28.6 Å². The number of methoxy groups -OCH3 is 1. The number of hydrogen-bond donors (Lipinski definition) is 1. The molecule has 0 bridgehead atoms. The van der Waals surface area contributed by atoms with E-state index in [9.17, 15) is 14.3 Å². The molecule has 0 amide bonds. The molecule has 4 aromatic rings.